The maximum absolute atomic E-state index is 6.74. The molecule has 0 saturated heterocycles. The number of halogens is 1. The second-order valence-corrected chi connectivity index (χ2v) is 11.3. The third-order valence-electron chi connectivity index (χ3n) is 7.65. The van der Waals surface area contributed by atoms with E-state index in [1.54, 1.807) is 0 Å². The van der Waals surface area contributed by atoms with Crippen molar-refractivity contribution in [3.8, 4) is 5.75 Å². The zero-order valence-corrected chi connectivity index (χ0v) is 24.1. The Balaban J connectivity index is 1.27. The molecule has 208 valence electrons. The van der Waals surface area contributed by atoms with Gasteiger partial charge in [-0.3, -0.25) is 0 Å². The van der Waals surface area contributed by atoms with Crippen LogP contribution in [0.25, 0.3) is 0 Å². The molecular weight excluding hydrogens is 516 g/mol. The van der Waals surface area contributed by atoms with Gasteiger partial charge in [0.1, 0.15) is 11.9 Å². The quantitative estimate of drug-likeness (QED) is 0.175. The first-order valence-corrected chi connectivity index (χ1v) is 14.8. The first kappa shape index (κ1) is 28.4. The van der Waals surface area contributed by atoms with Gasteiger partial charge in [-0.2, -0.15) is 0 Å². The molecule has 1 saturated carbocycles. The van der Waals surface area contributed by atoms with E-state index in [-0.39, 0.29) is 12.2 Å². The number of hydrogen-bond donors (Lipinski definition) is 0. The highest BCUT2D eigenvalue weighted by atomic mass is 35.5. The van der Waals surface area contributed by atoms with E-state index < -0.39 is 0 Å². The highest BCUT2D eigenvalue weighted by Gasteiger charge is 2.31. The van der Waals surface area contributed by atoms with Gasteiger partial charge in [0.25, 0.3) is 0 Å². The molecule has 4 aromatic carbocycles. The molecule has 0 N–H and O–H groups in total. The first-order valence-electron chi connectivity index (χ1n) is 14.4. The number of ether oxygens (including phenoxy) is 3. The Kier molecular flexibility index (Phi) is 10.3. The number of aryl methyl sites for hydroxylation is 1. The summed E-state index contributed by atoms with van der Waals surface area (Å²) in [4.78, 5) is 0. The van der Waals surface area contributed by atoms with E-state index in [1.165, 1.54) is 22.3 Å². The molecule has 0 radical (unpaired) electrons. The predicted octanol–water partition coefficient (Wildman–Crippen LogP) is 8.84. The van der Waals surface area contributed by atoms with Crippen LogP contribution >= 0.6 is 11.6 Å². The second kappa shape index (κ2) is 14.5. The van der Waals surface area contributed by atoms with Crippen molar-refractivity contribution >= 4 is 11.6 Å². The average molecular weight is 555 g/mol. The molecule has 1 fully saturated rings. The van der Waals surface area contributed by atoms with E-state index in [0.717, 1.165) is 48.4 Å². The maximum Gasteiger partial charge on any atom is 0.123 e. The Morgan fingerprint density at radius 3 is 2.02 bits per heavy atom. The zero-order valence-electron chi connectivity index (χ0n) is 23.3. The van der Waals surface area contributed by atoms with Gasteiger partial charge in [0.05, 0.1) is 25.9 Å². The summed E-state index contributed by atoms with van der Waals surface area (Å²) in [6.45, 7) is 4.10. The van der Waals surface area contributed by atoms with Gasteiger partial charge in [-0.15, -0.1) is 0 Å². The molecule has 0 aromatic heterocycles. The van der Waals surface area contributed by atoms with Crippen LogP contribution in [0.2, 0.25) is 5.02 Å². The molecule has 0 aliphatic heterocycles. The van der Waals surface area contributed by atoms with Gasteiger partial charge in [0.15, 0.2) is 0 Å². The third-order valence-corrected chi connectivity index (χ3v) is 7.89. The maximum atomic E-state index is 6.74. The Morgan fingerprint density at radius 1 is 0.675 bits per heavy atom. The summed E-state index contributed by atoms with van der Waals surface area (Å²) in [5.74, 6) is 1.27. The summed E-state index contributed by atoms with van der Waals surface area (Å²) in [6, 6.07) is 35.5. The van der Waals surface area contributed by atoms with Crippen LogP contribution < -0.4 is 4.74 Å². The molecule has 4 aromatic rings. The van der Waals surface area contributed by atoms with Crippen LogP contribution in [0.15, 0.2) is 103 Å². The average Bonchev–Trinajstić information content (AvgIpc) is 2.99. The van der Waals surface area contributed by atoms with Crippen molar-refractivity contribution in [2.24, 2.45) is 5.92 Å². The third kappa shape index (κ3) is 8.44. The smallest absolute Gasteiger partial charge is 0.123 e. The van der Waals surface area contributed by atoms with Crippen molar-refractivity contribution < 1.29 is 14.2 Å². The van der Waals surface area contributed by atoms with Crippen LogP contribution in [0.4, 0.5) is 0 Å². The minimum absolute atomic E-state index is 0.0437. The lowest BCUT2D eigenvalue weighted by atomic mass is 9.85. The molecule has 0 bridgehead atoms. The van der Waals surface area contributed by atoms with Gasteiger partial charge < -0.3 is 14.2 Å². The Labute approximate surface area is 244 Å². The minimum Gasteiger partial charge on any atom is -0.490 e. The Hall–Kier alpha value is -3.11. The van der Waals surface area contributed by atoms with Gasteiger partial charge in [-0.25, -0.2) is 0 Å². The van der Waals surface area contributed by atoms with E-state index in [0.29, 0.717) is 25.7 Å². The Morgan fingerprint density at radius 2 is 1.32 bits per heavy atom. The van der Waals surface area contributed by atoms with Crippen LogP contribution in [-0.4, -0.2) is 18.8 Å². The van der Waals surface area contributed by atoms with Gasteiger partial charge in [0, 0.05) is 17.9 Å². The molecule has 3 atom stereocenters. The first-order chi connectivity index (χ1) is 19.6. The fourth-order valence-corrected chi connectivity index (χ4v) is 5.69. The summed E-state index contributed by atoms with van der Waals surface area (Å²) in [5, 5.41) is 0.729. The molecule has 4 heteroatoms. The van der Waals surface area contributed by atoms with Gasteiger partial charge >= 0.3 is 0 Å². The van der Waals surface area contributed by atoms with Crippen molar-refractivity contribution in [3.63, 3.8) is 0 Å². The van der Waals surface area contributed by atoms with E-state index in [9.17, 15) is 0 Å². The van der Waals surface area contributed by atoms with Crippen molar-refractivity contribution in [1.82, 2.24) is 0 Å². The zero-order chi connectivity index (χ0) is 27.6. The predicted molar refractivity (Wildman–Crippen MR) is 163 cm³/mol. The SMILES string of the molecule is CCc1ccc(Cc2cc(Cl)ccc2OC2CC(COCc3ccccc3)CC(OCc3ccccc3)C2)cc1. The molecule has 40 heavy (non-hydrogen) atoms. The van der Waals surface area contributed by atoms with Crippen molar-refractivity contribution in [2.75, 3.05) is 6.61 Å². The summed E-state index contributed by atoms with van der Waals surface area (Å²) in [6.07, 6.45) is 4.74. The van der Waals surface area contributed by atoms with Crippen LogP contribution in [0.1, 0.15) is 54.0 Å². The topological polar surface area (TPSA) is 27.7 Å². The molecule has 3 nitrogen and oxygen atoms in total. The summed E-state index contributed by atoms with van der Waals surface area (Å²) in [5.41, 5.74) is 6.10. The van der Waals surface area contributed by atoms with Gasteiger partial charge in [0.2, 0.25) is 0 Å². The number of benzene rings is 4. The lowest BCUT2D eigenvalue weighted by molar-refractivity contribution is -0.0512. The fourth-order valence-electron chi connectivity index (χ4n) is 5.49. The molecule has 5 rings (SSSR count). The largest absolute Gasteiger partial charge is 0.490 e. The summed E-state index contributed by atoms with van der Waals surface area (Å²) in [7, 11) is 0. The summed E-state index contributed by atoms with van der Waals surface area (Å²) < 4.78 is 19.4. The molecule has 1 aliphatic carbocycles. The second-order valence-electron chi connectivity index (χ2n) is 10.8. The van der Waals surface area contributed by atoms with E-state index in [1.807, 2.05) is 30.3 Å². The number of hydrogen-bond acceptors (Lipinski definition) is 3. The van der Waals surface area contributed by atoms with Crippen LogP contribution in [0, 0.1) is 5.92 Å². The Bertz CT molecular complexity index is 1310. The fraction of sp³-hybridized carbons (Fsp3) is 0.333. The van der Waals surface area contributed by atoms with Crippen molar-refractivity contribution in [2.45, 2.75) is 64.4 Å². The molecule has 1 aliphatic rings. The van der Waals surface area contributed by atoms with Gasteiger partial charge in [-0.1, -0.05) is 103 Å². The number of rotatable bonds is 12. The monoisotopic (exact) mass is 554 g/mol. The normalized spacial score (nSPS) is 18.9. The summed E-state index contributed by atoms with van der Waals surface area (Å²) >= 11 is 6.43. The highest BCUT2D eigenvalue weighted by molar-refractivity contribution is 6.30. The van der Waals surface area contributed by atoms with E-state index >= 15 is 0 Å². The van der Waals surface area contributed by atoms with Crippen LogP contribution in [0.5, 0.6) is 5.75 Å². The van der Waals surface area contributed by atoms with Crippen LogP contribution in [-0.2, 0) is 35.5 Å². The minimum atomic E-state index is 0.0437. The van der Waals surface area contributed by atoms with E-state index in [2.05, 4.69) is 79.7 Å². The standard InChI is InChI=1S/C36H39ClO3/c1-2-27-13-15-28(16-14-27)19-32-22-33(37)17-18-36(32)40-35-21-31(25-38-24-29-9-5-3-6-10-29)20-34(23-35)39-26-30-11-7-4-8-12-30/h3-18,22,31,34-35H,2,19-21,23-26H2,1H3. The lowest BCUT2D eigenvalue weighted by Gasteiger charge is -2.35. The van der Waals surface area contributed by atoms with Crippen LogP contribution in [0.3, 0.4) is 0 Å². The molecule has 0 heterocycles. The lowest BCUT2D eigenvalue weighted by Crippen LogP contribution is -2.36. The van der Waals surface area contributed by atoms with Gasteiger partial charge in [-0.05, 0) is 71.2 Å². The highest BCUT2D eigenvalue weighted by Crippen LogP contribution is 2.33. The van der Waals surface area contributed by atoms with Crippen molar-refractivity contribution in [3.05, 3.63) is 136 Å². The molecule has 3 unspecified atom stereocenters. The molecular formula is C36H39ClO3. The van der Waals surface area contributed by atoms with E-state index in [4.69, 9.17) is 25.8 Å². The molecule has 0 amide bonds. The van der Waals surface area contributed by atoms with Crippen molar-refractivity contribution in [1.29, 1.82) is 0 Å². The molecule has 0 spiro atoms.